The lowest BCUT2D eigenvalue weighted by atomic mass is 9.50. The molecule has 1 aromatic carbocycles. The fourth-order valence-electron chi connectivity index (χ4n) is 12.6. The number of esters is 2. The molecule has 0 bridgehead atoms. The van der Waals surface area contributed by atoms with E-state index in [2.05, 4.69) is 31.2 Å². The molecule has 7 rings (SSSR count). The molecule has 1 aliphatic heterocycles. The van der Waals surface area contributed by atoms with Crippen LogP contribution >= 0.6 is 24.0 Å². The van der Waals surface area contributed by atoms with Gasteiger partial charge < -0.3 is 29.2 Å². The first-order chi connectivity index (χ1) is 30.7. The summed E-state index contributed by atoms with van der Waals surface area (Å²) in [6, 6.07) is 10.2. The minimum atomic E-state index is -0.937. The number of benzene rings is 1. The minimum Gasteiger partial charge on any atom is -0.475 e. The van der Waals surface area contributed by atoms with E-state index in [0.29, 0.717) is 86.4 Å². The van der Waals surface area contributed by atoms with Crippen LogP contribution in [0.1, 0.15) is 135 Å². The maximum absolute atomic E-state index is 14.1. The van der Waals surface area contributed by atoms with E-state index in [4.69, 9.17) is 31.2 Å². The molecule has 4 fully saturated rings. The molecule has 10 atom stereocenters. The third-order valence-corrected chi connectivity index (χ3v) is 17.0. The number of ether oxygens (including phenoxy) is 4. The van der Waals surface area contributed by atoms with Crippen LogP contribution in [0.3, 0.4) is 0 Å². The molecular weight excluding hydrogens is 849 g/mol. The Hall–Kier alpha value is -3.16. The van der Waals surface area contributed by atoms with Gasteiger partial charge >= 0.3 is 11.9 Å². The van der Waals surface area contributed by atoms with Crippen molar-refractivity contribution >= 4 is 51.9 Å². The van der Waals surface area contributed by atoms with Gasteiger partial charge in [-0.25, -0.2) is 0 Å². The van der Waals surface area contributed by atoms with Crippen LogP contribution in [-0.4, -0.2) is 87.1 Å². The van der Waals surface area contributed by atoms with Crippen LogP contribution in [0, 0.1) is 34.5 Å². The van der Waals surface area contributed by atoms with Crippen LogP contribution in [-0.2, 0) is 44.5 Å². The predicted octanol–water partition coefficient (Wildman–Crippen LogP) is 9.32. The highest BCUT2D eigenvalue weighted by atomic mass is 32.2. The van der Waals surface area contributed by atoms with Crippen molar-refractivity contribution in [2.75, 3.05) is 19.0 Å². The highest BCUT2D eigenvalue weighted by molar-refractivity contribution is 8.22. The zero-order chi connectivity index (χ0) is 45.5. The fraction of sp³-hybridized carbons (Fsp3) is 0.673. The second kappa shape index (κ2) is 21.6. The molecule has 1 saturated heterocycles. The van der Waals surface area contributed by atoms with Crippen molar-refractivity contribution < 1.29 is 48.3 Å². The summed E-state index contributed by atoms with van der Waals surface area (Å²) in [5, 5.41) is 21.9. The SMILES string of the molecule is CC(C)OC(=O)CCC/C=C\C[C@@H]1[C@@H](CC[C@H](CCc2ccccc2)OC(=S)SCCC(=O)OCC(=O)[C@@]23CC[C@H]4[C@@H]5CCC6=CC(=O)CCC6(C)C5=CCC42CCO3)[C@H](O)C[C@@H]1O. The van der Waals surface area contributed by atoms with Crippen LogP contribution in [0.15, 0.2) is 65.8 Å². The molecule has 2 unspecified atom stereocenters. The standard InChI is InChI=1S/C52H70O10S2/c1-34(2)61-48(58)14-10-5-4-9-13-39-40(45(55)32-44(39)54)20-18-38(17-15-35-11-7-6-8-12-35)62-49(63)64-30-24-47(57)59-33-46(56)52-27-23-43-41-19-16-36-31-37(53)21-25-50(36,3)42(41)22-26-51(43,52)28-29-60-52/h4,6-9,11-12,22,31,34,38-41,43-45,54-55H,5,10,13-21,23-30,32-33H2,1-3H3/b9-4-/t38-,39+,40+,41+,43-,44-,45+,50?,51?,52-/m0/s1. The molecule has 6 aliphatic rings. The summed E-state index contributed by atoms with van der Waals surface area (Å²) in [6.07, 6.45) is 19.1. The van der Waals surface area contributed by atoms with Crippen LogP contribution in [0.4, 0.5) is 0 Å². The second-order valence-electron chi connectivity index (χ2n) is 19.8. The van der Waals surface area contributed by atoms with Crippen molar-refractivity contribution in [3.05, 3.63) is 71.3 Å². The number of aryl methyl sites for hydroxylation is 1. The Kier molecular flexibility index (Phi) is 16.5. The Morgan fingerprint density at radius 1 is 0.969 bits per heavy atom. The Morgan fingerprint density at radius 3 is 2.56 bits per heavy atom. The van der Waals surface area contributed by atoms with Crippen molar-refractivity contribution in [2.45, 2.75) is 166 Å². The first kappa shape index (κ1) is 48.8. The average Bonchev–Trinajstić information content (AvgIpc) is 3.89. The minimum absolute atomic E-state index is 0.0718. The summed E-state index contributed by atoms with van der Waals surface area (Å²) in [5.74, 6) is 0.338. The number of unbranched alkanes of at least 4 members (excludes halogenated alkanes) is 1. The Labute approximate surface area is 389 Å². The number of carbonyl (C=O) groups is 4. The topological polar surface area (TPSA) is 146 Å². The van der Waals surface area contributed by atoms with Crippen molar-refractivity contribution in [2.24, 2.45) is 34.5 Å². The largest absolute Gasteiger partial charge is 0.475 e. The van der Waals surface area contributed by atoms with Gasteiger partial charge in [-0.05, 0) is 158 Å². The van der Waals surface area contributed by atoms with E-state index in [-0.39, 0.29) is 65.4 Å². The maximum Gasteiger partial charge on any atom is 0.307 e. The summed E-state index contributed by atoms with van der Waals surface area (Å²) in [6.45, 7) is 6.22. The quantitative estimate of drug-likeness (QED) is 0.0557. The lowest BCUT2D eigenvalue weighted by Gasteiger charge is -2.54. The zero-order valence-electron chi connectivity index (χ0n) is 38.1. The Morgan fingerprint density at radius 2 is 1.77 bits per heavy atom. The van der Waals surface area contributed by atoms with Gasteiger partial charge in [0.2, 0.25) is 10.2 Å². The molecule has 0 aromatic heterocycles. The number of hydrogen-bond acceptors (Lipinski definition) is 12. The molecule has 0 radical (unpaired) electrons. The van der Waals surface area contributed by atoms with Gasteiger partial charge in [0.25, 0.3) is 0 Å². The number of aliphatic hydroxyl groups is 2. The first-order valence-electron chi connectivity index (χ1n) is 24.1. The highest BCUT2D eigenvalue weighted by Gasteiger charge is 2.70. The van der Waals surface area contributed by atoms with Gasteiger partial charge in [0.05, 0.1) is 24.7 Å². The van der Waals surface area contributed by atoms with Crippen molar-refractivity contribution in [1.82, 2.24) is 0 Å². The zero-order valence-corrected chi connectivity index (χ0v) is 39.8. The van der Waals surface area contributed by atoms with Crippen LogP contribution in [0.25, 0.3) is 0 Å². The van der Waals surface area contributed by atoms with E-state index in [9.17, 15) is 29.4 Å². The lowest BCUT2D eigenvalue weighted by Crippen LogP contribution is -2.54. The molecule has 350 valence electrons. The van der Waals surface area contributed by atoms with E-state index in [1.165, 1.54) is 28.5 Å². The molecule has 10 nitrogen and oxygen atoms in total. The van der Waals surface area contributed by atoms with Gasteiger partial charge in [-0.15, -0.1) is 0 Å². The molecule has 64 heavy (non-hydrogen) atoms. The van der Waals surface area contributed by atoms with Gasteiger partial charge in [-0.3, -0.25) is 19.2 Å². The third-order valence-electron chi connectivity index (χ3n) is 15.8. The number of aliphatic hydroxyl groups excluding tert-OH is 2. The number of carbonyl (C=O) groups excluding carboxylic acids is 4. The first-order valence-corrected chi connectivity index (χ1v) is 25.5. The van der Waals surface area contributed by atoms with Gasteiger partial charge in [0, 0.05) is 36.0 Å². The number of thiocarbonyl (C=S) groups is 1. The molecule has 1 spiro atoms. The molecule has 1 aromatic rings. The number of allylic oxidation sites excluding steroid dienone is 6. The second-order valence-corrected chi connectivity index (χ2v) is 21.5. The van der Waals surface area contributed by atoms with Crippen molar-refractivity contribution in [3.63, 3.8) is 0 Å². The molecule has 3 saturated carbocycles. The van der Waals surface area contributed by atoms with Crippen molar-refractivity contribution in [3.8, 4) is 0 Å². The van der Waals surface area contributed by atoms with Crippen LogP contribution in [0.5, 0.6) is 0 Å². The number of Topliss-reactive ketones (excluding diaryl/α,β-unsaturated/α-hetero) is 1. The predicted molar refractivity (Wildman–Crippen MR) is 251 cm³/mol. The number of ketones is 2. The summed E-state index contributed by atoms with van der Waals surface area (Å²) in [5.41, 5.74) is 2.63. The van der Waals surface area contributed by atoms with Gasteiger partial charge in [-0.1, -0.05) is 78.4 Å². The molecule has 1 heterocycles. The summed E-state index contributed by atoms with van der Waals surface area (Å²) in [7, 11) is 0. The van der Waals surface area contributed by atoms with Crippen LogP contribution in [0.2, 0.25) is 0 Å². The molecule has 12 heteroatoms. The monoisotopic (exact) mass is 918 g/mol. The van der Waals surface area contributed by atoms with E-state index >= 15 is 0 Å². The van der Waals surface area contributed by atoms with E-state index < -0.39 is 23.8 Å². The van der Waals surface area contributed by atoms with Crippen molar-refractivity contribution in [1.29, 1.82) is 0 Å². The number of thioether (sulfide) groups is 1. The van der Waals surface area contributed by atoms with Gasteiger partial charge in [-0.2, -0.15) is 0 Å². The molecular formula is C52H70O10S2. The van der Waals surface area contributed by atoms with E-state index in [0.717, 1.165) is 51.4 Å². The number of rotatable bonds is 20. The summed E-state index contributed by atoms with van der Waals surface area (Å²) >= 11 is 6.97. The third kappa shape index (κ3) is 10.8. The van der Waals surface area contributed by atoms with Gasteiger partial charge in [0.1, 0.15) is 11.7 Å². The molecule has 0 amide bonds. The number of hydrogen-bond donors (Lipinski definition) is 2. The van der Waals surface area contributed by atoms with Gasteiger partial charge in [0.15, 0.2) is 12.4 Å². The maximum atomic E-state index is 14.1. The lowest BCUT2D eigenvalue weighted by molar-refractivity contribution is -0.161. The summed E-state index contributed by atoms with van der Waals surface area (Å²) < 4.78 is 24.0. The Balaban J connectivity index is 0.879. The van der Waals surface area contributed by atoms with E-state index in [1.54, 1.807) is 0 Å². The fourth-order valence-corrected chi connectivity index (χ4v) is 13.6. The number of fused-ring (bicyclic) bond motifs is 4. The smallest absolute Gasteiger partial charge is 0.307 e. The highest BCUT2D eigenvalue weighted by Crippen LogP contribution is 2.69. The molecule has 5 aliphatic carbocycles. The summed E-state index contributed by atoms with van der Waals surface area (Å²) in [4.78, 5) is 51.4. The molecule has 2 N–H and O–H groups in total. The normalized spacial score (nSPS) is 32.2. The van der Waals surface area contributed by atoms with Crippen LogP contribution < -0.4 is 0 Å². The van der Waals surface area contributed by atoms with E-state index in [1.807, 2.05) is 44.2 Å². The Bertz CT molecular complexity index is 1940. The average molecular weight is 919 g/mol.